The average Bonchev–Trinajstić information content (AvgIpc) is 3.84. The molecule has 0 spiro atoms. The number of hydrogen-bond donors (Lipinski definition) is 9. The maximum atomic E-state index is 12.6. The number of hydrogen-bond acceptors (Lipinski definition) is 17. The van der Waals surface area contributed by atoms with Gasteiger partial charge in [-0.3, -0.25) is 28.2 Å². The van der Waals surface area contributed by atoms with E-state index in [0.717, 1.165) is 11.1 Å². The molecule has 7 rings (SSSR count). The number of benzene rings is 1. The molecule has 9 N–H and O–H groups in total. The Bertz CT molecular complexity index is 2590. The Kier molecular flexibility index (Phi) is 10.3. The number of aliphatic hydroxyl groups excluding tert-OH is 5. The van der Waals surface area contributed by atoms with Crippen molar-refractivity contribution in [3.8, 4) is 11.5 Å². The van der Waals surface area contributed by atoms with Crippen molar-refractivity contribution >= 4 is 43.5 Å². The van der Waals surface area contributed by atoms with Gasteiger partial charge in [-0.15, -0.1) is 0 Å². The van der Waals surface area contributed by atoms with E-state index in [0.29, 0.717) is 22.3 Å². The van der Waals surface area contributed by atoms with Crippen molar-refractivity contribution in [3.63, 3.8) is 0 Å². The highest BCUT2D eigenvalue weighted by atomic mass is 31.3. The molecule has 0 bridgehead atoms. The second kappa shape index (κ2) is 14.6. The minimum atomic E-state index is -5.54. The third kappa shape index (κ3) is 7.60. The zero-order valence-electron chi connectivity index (χ0n) is 28.5. The number of phosphoric ester groups is 2. The summed E-state index contributed by atoms with van der Waals surface area (Å²) in [5, 5.41) is 53.4. The number of rotatable bonds is 13. The number of fused-ring (bicyclic) bond motifs is 5. The minimum Gasteiger partial charge on any atom is -0.388 e. The van der Waals surface area contributed by atoms with Gasteiger partial charge in [0.15, 0.2) is 29.8 Å². The molecule has 0 radical (unpaired) electrons. The van der Waals surface area contributed by atoms with Crippen molar-refractivity contribution in [2.24, 2.45) is 0 Å². The molecule has 26 heteroatoms. The fourth-order valence-corrected chi connectivity index (χ4v) is 8.19. The second-order valence-corrected chi connectivity index (χ2v) is 15.8. The van der Waals surface area contributed by atoms with Gasteiger partial charge >= 0.3 is 27.0 Å². The first-order chi connectivity index (χ1) is 25.9. The molecule has 4 aromatic rings. The molecule has 9 atom stereocenters. The van der Waals surface area contributed by atoms with Crippen LogP contribution in [-0.4, -0.2) is 124 Å². The number of phosphoric acid groups is 2. The third-order valence-electron chi connectivity index (χ3n) is 9.02. The summed E-state index contributed by atoms with van der Waals surface area (Å²) in [4.78, 5) is 66.4. The number of aromatic amines is 2. The van der Waals surface area contributed by atoms with Crippen molar-refractivity contribution in [1.82, 2.24) is 38.9 Å². The van der Waals surface area contributed by atoms with Gasteiger partial charge in [0.1, 0.15) is 36.6 Å². The first kappa shape index (κ1) is 38.9. The summed E-state index contributed by atoms with van der Waals surface area (Å²) in [6.45, 7) is 0.841. The number of aryl methyl sites for hydroxylation is 2. The highest BCUT2D eigenvalue weighted by Gasteiger charge is 2.48. The molecule has 3 aliphatic rings. The van der Waals surface area contributed by atoms with Crippen LogP contribution in [0.2, 0.25) is 0 Å². The van der Waals surface area contributed by atoms with Gasteiger partial charge in [-0.25, -0.2) is 28.5 Å². The van der Waals surface area contributed by atoms with Crippen LogP contribution in [0.25, 0.3) is 39.4 Å². The number of imidazole rings is 2. The van der Waals surface area contributed by atoms with E-state index in [1.54, 1.807) is 42.8 Å². The summed E-state index contributed by atoms with van der Waals surface area (Å²) in [6, 6.07) is 3.30. The van der Waals surface area contributed by atoms with Crippen LogP contribution in [0.4, 0.5) is 0 Å². The number of aromatic nitrogens is 9. The maximum absolute atomic E-state index is 12.6. The minimum absolute atomic E-state index is 0.237. The fraction of sp³-hybridized carbons (Fsp3) is 0.414. The van der Waals surface area contributed by atoms with E-state index < -0.39 is 89.5 Å². The van der Waals surface area contributed by atoms with Gasteiger partial charge in [-0.2, -0.15) is 9.29 Å². The van der Waals surface area contributed by atoms with Gasteiger partial charge in [0.05, 0.1) is 30.8 Å². The molecule has 0 saturated carbocycles. The van der Waals surface area contributed by atoms with Crippen LogP contribution in [0.5, 0.6) is 0 Å². The molecular weight excluding hydrogens is 776 g/mol. The standard InChI is InChI=1S/C29H33N9O15P2/c1-12-5-14-15(6-13(12)2)37(26-20(33-14)27(44)35-29(45)34-26)7-16(39)21(41)17(40)8-50-54(46,47)53-55(48,49)51-9-18-22(42)23(43)28(52-18)38-11-31-19-24-30-3-4-36(24)10-32-25(19)38/h3-6,10-11,16-18,21-23,28,39-43H,7-9H2,1-2H3,(H3,35,44,45,46,47,48,49)/p+1/t16-,17+,18-,21-,22-,23-,28-/m1/s1. The normalized spacial score (nSPS) is 23.0. The fourth-order valence-electron chi connectivity index (χ4n) is 6.09. The zero-order valence-corrected chi connectivity index (χ0v) is 30.3. The van der Waals surface area contributed by atoms with Crippen LogP contribution < -0.4 is 15.8 Å². The maximum Gasteiger partial charge on any atom is 0.481 e. The summed E-state index contributed by atoms with van der Waals surface area (Å²) in [5.41, 5.74) is 1.35. The predicted molar refractivity (Wildman–Crippen MR) is 182 cm³/mol. The summed E-state index contributed by atoms with van der Waals surface area (Å²) < 4.78 is 48.7. The Morgan fingerprint density at radius 3 is 2.49 bits per heavy atom. The molecule has 55 heavy (non-hydrogen) atoms. The van der Waals surface area contributed by atoms with E-state index in [2.05, 4.69) is 33.8 Å². The first-order valence-electron chi connectivity index (χ1n) is 16.3. The van der Waals surface area contributed by atoms with E-state index in [4.69, 9.17) is 9.26 Å². The van der Waals surface area contributed by atoms with Gasteiger partial charge < -0.3 is 44.6 Å². The number of nitrogens with zero attached hydrogens (tertiary/aromatic N) is 7. The van der Waals surface area contributed by atoms with Crippen LogP contribution >= 0.6 is 15.6 Å². The second-order valence-electron chi connectivity index (χ2n) is 12.8. The smallest absolute Gasteiger partial charge is 0.388 e. The van der Waals surface area contributed by atoms with Gasteiger partial charge in [0.2, 0.25) is 11.7 Å². The lowest BCUT2D eigenvalue weighted by atomic mass is 10.1. The molecule has 1 saturated heterocycles. The Morgan fingerprint density at radius 2 is 1.73 bits per heavy atom. The third-order valence-corrected chi connectivity index (χ3v) is 11.6. The monoisotopic (exact) mass is 810 g/mol. The SMILES string of the molecule is Cc1cc2nc3c(=O)[nH]c(=O)nc-3n(C[C@@H](O)[C@@H](O)[C@@H](O)COP(=O)(O)OP(=O)(O)OC[C@H]3O[C@@H]([n+]4c[nH]c5c6nccn6cnc54)[C@H](O)[C@@H]3O)c2cc1C. The van der Waals surface area contributed by atoms with Crippen molar-refractivity contribution in [2.75, 3.05) is 13.2 Å². The highest BCUT2D eigenvalue weighted by molar-refractivity contribution is 7.61. The van der Waals surface area contributed by atoms with E-state index >= 15 is 0 Å². The summed E-state index contributed by atoms with van der Waals surface area (Å²) in [5.74, 6) is -0.237. The molecule has 6 heterocycles. The first-order valence-corrected chi connectivity index (χ1v) is 19.3. The van der Waals surface area contributed by atoms with E-state index in [1.807, 2.05) is 4.98 Å². The zero-order chi connectivity index (χ0) is 39.6. The molecule has 0 amide bonds. The molecule has 0 aliphatic carbocycles. The number of H-pyrrole nitrogens is 2. The lowest BCUT2D eigenvalue weighted by Crippen LogP contribution is -2.45. The Balaban J connectivity index is 0.968. The van der Waals surface area contributed by atoms with Crippen molar-refractivity contribution in [2.45, 2.75) is 63.2 Å². The molecule has 3 aliphatic heterocycles. The topological polar surface area (TPSA) is 343 Å². The molecule has 294 valence electrons. The van der Waals surface area contributed by atoms with Crippen LogP contribution in [0.3, 0.4) is 0 Å². The summed E-state index contributed by atoms with van der Waals surface area (Å²) in [6.07, 6.45) is -6.01. The largest absolute Gasteiger partial charge is 0.481 e. The van der Waals surface area contributed by atoms with Crippen molar-refractivity contribution in [3.05, 3.63) is 69.1 Å². The van der Waals surface area contributed by atoms with Crippen LogP contribution in [0.15, 0.2) is 46.8 Å². The van der Waals surface area contributed by atoms with E-state index in [9.17, 15) is 54.0 Å². The quantitative estimate of drug-likeness (QED) is 0.0335. The molecule has 1 fully saturated rings. The molecule has 1 aromatic carbocycles. The molecule has 2 unspecified atom stereocenters. The number of ether oxygens (including phenoxy) is 1. The highest BCUT2D eigenvalue weighted by Crippen LogP contribution is 2.60. The predicted octanol–water partition coefficient (Wildman–Crippen LogP) is -2.33. The molecule has 3 aromatic heterocycles. The Morgan fingerprint density at radius 1 is 1.00 bits per heavy atom. The van der Waals surface area contributed by atoms with Crippen LogP contribution in [0, 0.1) is 13.8 Å². The summed E-state index contributed by atoms with van der Waals surface area (Å²) in [7, 11) is -11.0. The van der Waals surface area contributed by atoms with Crippen molar-refractivity contribution in [1.29, 1.82) is 0 Å². The van der Waals surface area contributed by atoms with Gasteiger partial charge in [-0.05, 0) is 37.1 Å². The molecule has 24 nitrogen and oxygen atoms in total. The Labute approximate surface area is 306 Å². The Hall–Kier alpha value is -4.39. The van der Waals surface area contributed by atoms with Gasteiger partial charge in [-0.1, -0.05) is 4.98 Å². The summed E-state index contributed by atoms with van der Waals surface area (Å²) >= 11 is 0. The van der Waals surface area contributed by atoms with Gasteiger partial charge in [0, 0.05) is 12.4 Å². The lowest BCUT2D eigenvalue weighted by molar-refractivity contribution is -0.745. The number of aliphatic hydroxyl groups is 5. The van der Waals surface area contributed by atoms with Crippen molar-refractivity contribution < 1.29 is 67.1 Å². The molecular formula is C29H34N9O15P2+. The van der Waals surface area contributed by atoms with Crippen LogP contribution in [0.1, 0.15) is 17.4 Å². The average molecular weight is 811 g/mol. The van der Waals surface area contributed by atoms with E-state index in [-0.39, 0.29) is 17.0 Å². The number of nitrogens with one attached hydrogen (secondary N) is 2. The lowest BCUT2D eigenvalue weighted by Gasteiger charge is -2.26. The van der Waals surface area contributed by atoms with E-state index in [1.165, 1.54) is 21.8 Å². The van der Waals surface area contributed by atoms with Crippen LogP contribution in [-0.2, 0) is 33.8 Å². The van der Waals surface area contributed by atoms with Gasteiger partial charge in [0.25, 0.3) is 5.56 Å².